The van der Waals surface area contributed by atoms with E-state index in [9.17, 15) is 10.1 Å². The third-order valence-corrected chi connectivity index (χ3v) is 6.34. The zero-order chi connectivity index (χ0) is 18.0. The number of fused-ring (bicyclic) bond motifs is 1. The second-order valence-corrected chi connectivity index (χ2v) is 8.44. The average Bonchev–Trinajstić information content (AvgIpc) is 2.89. The Bertz CT molecular complexity index is 669. The fourth-order valence-electron chi connectivity index (χ4n) is 3.99. The quantitative estimate of drug-likeness (QED) is 0.894. The number of nitriles is 1. The van der Waals surface area contributed by atoms with Crippen LogP contribution in [-0.4, -0.2) is 42.6 Å². The standard InChI is InChI=1S/C19H27N3O2S/c1-4-14-5-6-15-16(8-20)19(25-17(15)7-14)21-18(23)11-22-9-12(2)24-13(3)10-22/h12-14H,4-7,9-11H2,1-3H3,(H,21,23)/t12-,13+,14-/m0/s1. The second-order valence-electron chi connectivity index (χ2n) is 7.34. The summed E-state index contributed by atoms with van der Waals surface area (Å²) in [4.78, 5) is 15.9. The zero-order valence-electron chi connectivity index (χ0n) is 15.3. The van der Waals surface area contributed by atoms with Gasteiger partial charge in [-0.1, -0.05) is 13.3 Å². The van der Waals surface area contributed by atoms with Crippen LogP contribution in [0.5, 0.6) is 0 Å². The Labute approximate surface area is 154 Å². The van der Waals surface area contributed by atoms with Crippen LogP contribution in [0.2, 0.25) is 0 Å². The highest BCUT2D eigenvalue weighted by Gasteiger charge is 2.27. The van der Waals surface area contributed by atoms with E-state index in [1.807, 2.05) is 13.8 Å². The van der Waals surface area contributed by atoms with E-state index >= 15 is 0 Å². The van der Waals surface area contributed by atoms with Crippen molar-refractivity contribution < 1.29 is 9.53 Å². The number of nitrogens with zero attached hydrogens (tertiary/aromatic N) is 2. The number of ether oxygens (including phenoxy) is 1. The number of anilines is 1. The number of rotatable bonds is 4. The molecule has 2 heterocycles. The Balaban J connectivity index is 1.67. The number of nitrogens with one attached hydrogen (secondary N) is 1. The summed E-state index contributed by atoms with van der Waals surface area (Å²) in [7, 11) is 0. The van der Waals surface area contributed by atoms with Crippen LogP contribution in [0.4, 0.5) is 5.00 Å². The number of carbonyl (C=O) groups is 1. The fourth-order valence-corrected chi connectivity index (χ4v) is 5.32. The summed E-state index contributed by atoms with van der Waals surface area (Å²) in [6.45, 7) is 8.17. The van der Waals surface area contributed by atoms with Crippen molar-refractivity contribution in [3.8, 4) is 6.07 Å². The molecule has 3 atom stereocenters. The van der Waals surface area contributed by atoms with E-state index in [-0.39, 0.29) is 18.1 Å². The highest BCUT2D eigenvalue weighted by atomic mass is 32.1. The third kappa shape index (κ3) is 4.22. The van der Waals surface area contributed by atoms with Crippen molar-refractivity contribution >= 4 is 22.2 Å². The van der Waals surface area contributed by atoms with Gasteiger partial charge in [-0.15, -0.1) is 11.3 Å². The molecule has 25 heavy (non-hydrogen) atoms. The second kappa shape index (κ2) is 7.86. The molecule has 1 fully saturated rings. The Morgan fingerprint density at radius 2 is 2.12 bits per heavy atom. The molecule has 0 radical (unpaired) electrons. The minimum Gasteiger partial charge on any atom is -0.373 e. The molecule has 1 N–H and O–H groups in total. The van der Waals surface area contributed by atoms with Gasteiger partial charge in [0.25, 0.3) is 0 Å². The van der Waals surface area contributed by atoms with Gasteiger partial charge in [0, 0.05) is 18.0 Å². The molecule has 0 aromatic carbocycles. The fraction of sp³-hybridized carbons (Fsp3) is 0.684. The van der Waals surface area contributed by atoms with Gasteiger partial charge in [0.2, 0.25) is 5.91 Å². The minimum atomic E-state index is -0.0385. The van der Waals surface area contributed by atoms with E-state index < -0.39 is 0 Å². The molecule has 1 aliphatic carbocycles. The maximum absolute atomic E-state index is 12.5. The molecule has 1 saturated heterocycles. The lowest BCUT2D eigenvalue weighted by Crippen LogP contribution is -2.48. The summed E-state index contributed by atoms with van der Waals surface area (Å²) in [6.07, 6.45) is 4.61. The molecule has 0 saturated carbocycles. The highest BCUT2D eigenvalue weighted by molar-refractivity contribution is 7.16. The van der Waals surface area contributed by atoms with E-state index in [0.717, 1.165) is 37.4 Å². The minimum absolute atomic E-state index is 0.0385. The first kappa shape index (κ1) is 18.4. The monoisotopic (exact) mass is 361 g/mol. The van der Waals surface area contributed by atoms with Crippen LogP contribution in [0, 0.1) is 17.2 Å². The number of morpholine rings is 1. The molecule has 0 unspecified atom stereocenters. The number of hydrogen-bond acceptors (Lipinski definition) is 5. The van der Waals surface area contributed by atoms with Crippen LogP contribution in [0.15, 0.2) is 0 Å². The van der Waals surface area contributed by atoms with Crippen molar-refractivity contribution in [3.05, 3.63) is 16.0 Å². The SMILES string of the molecule is CC[C@H]1CCc2c(sc(NC(=O)CN3C[C@@H](C)O[C@@H](C)C3)c2C#N)C1. The van der Waals surface area contributed by atoms with Crippen LogP contribution in [0.25, 0.3) is 0 Å². The van der Waals surface area contributed by atoms with Gasteiger partial charge in [-0.3, -0.25) is 9.69 Å². The van der Waals surface area contributed by atoms with Crippen molar-refractivity contribution in [2.24, 2.45) is 5.92 Å². The zero-order valence-corrected chi connectivity index (χ0v) is 16.1. The first-order valence-corrected chi connectivity index (χ1v) is 10.0. The Morgan fingerprint density at radius 1 is 1.40 bits per heavy atom. The maximum Gasteiger partial charge on any atom is 0.239 e. The van der Waals surface area contributed by atoms with Crippen LogP contribution >= 0.6 is 11.3 Å². The molecule has 3 rings (SSSR count). The van der Waals surface area contributed by atoms with Crippen LogP contribution in [-0.2, 0) is 22.4 Å². The van der Waals surface area contributed by atoms with Crippen molar-refractivity contribution in [1.29, 1.82) is 5.26 Å². The molecule has 1 aromatic heterocycles. The van der Waals surface area contributed by atoms with Gasteiger partial charge < -0.3 is 10.1 Å². The Kier molecular flexibility index (Phi) is 5.78. The molecule has 0 bridgehead atoms. The summed E-state index contributed by atoms with van der Waals surface area (Å²) >= 11 is 1.60. The predicted octanol–water partition coefficient (Wildman–Crippen LogP) is 3.18. The summed E-state index contributed by atoms with van der Waals surface area (Å²) in [5, 5.41) is 13.3. The summed E-state index contributed by atoms with van der Waals surface area (Å²) < 4.78 is 5.71. The molecular formula is C19H27N3O2S. The van der Waals surface area contributed by atoms with Crippen molar-refractivity contribution in [3.63, 3.8) is 0 Å². The highest BCUT2D eigenvalue weighted by Crippen LogP contribution is 2.39. The smallest absolute Gasteiger partial charge is 0.239 e. The first-order chi connectivity index (χ1) is 12.0. The van der Waals surface area contributed by atoms with Crippen LogP contribution in [0.3, 0.4) is 0 Å². The van der Waals surface area contributed by atoms with E-state index in [4.69, 9.17) is 4.74 Å². The summed E-state index contributed by atoms with van der Waals surface area (Å²) in [6, 6.07) is 2.32. The van der Waals surface area contributed by atoms with Gasteiger partial charge in [-0.25, -0.2) is 0 Å². The normalized spacial score (nSPS) is 26.7. The average molecular weight is 362 g/mol. The van der Waals surface area contributed by atoms with E-state index in [1.54, 1.807) is 11.3 Å². The molecule has 2 aliphatic rings. The number of carbonyl (C=O) groups excluding carboxylic acids is 1. The predicted molar refractivity (Wildman–Crippen MR) is 99.9 cm³/mol. The number of thiophene rings is 1. The van der Waals surface area contributed by atoms with E-state index in [2.05, 4.69) is 23.2 Å². The van der Waals surface area contributed by atoms with Crippen molar-refractivity contribution in [2.75, 3.05) is 25.0 Å². The molecule has 1 amide bonds. The number of hydrogen-bond donors (Lipinski definition) is 1. The lowest BCUT2D eigenvalue weighted by atomic mass is 9.86. The lowest BCUT2D eigenvalue weighted by Gasteiger charge is -2.34. The molecule has 1 aromatic rings. The molecule has 1 aliphatic heterocycles. The molecule has 0 spiro atoms. The van der Waals surface area contributed by atoms with Gasteiger partial charge in [0.05, 0.1) is 24.3 Å². The summed E-state index contributed by atoms with van der Waals surface area (Å²) in [5.41, 5.74) is 1.85. The van der Waals surface area contributed by atoms with Gasteiger partial charge in [0.15, 0.2) is 0 Å². The molecule has 5 nitrogen and oxygen atoms in total. The molecule has 136 valence electrons. The van der Waals surface area contributed by atoms with Crippen LogP contribution < -0.4 is 5.32 Å². The topological polar surface area (TPSA) is 65.4 Å². The van der Waals surface area contributed by atoms with Crippen LogP contribution in [0.1, 0.15) is 49.6 Å². The number of amides is 1. The Morgan fingerprint density at radius 3 is 2.76 bits per heavy atom. The van der Waals surface area contributed by atoms with Crippen molar-refractivity contribution in [1.82, 2.24) is 4.90 Å². The summed E-state index contributed by atoms with van der Waals surface area (Å²) in [5.74, 6) is 0.668. The van der Waals surface area contributed by atoms with Crippen molar-refractivity contribution in [2.45, 2.75) is 58.7 Å². The lowest BCUT2D eigenvalue weighted by molar-refractivity contribution is -0.121. The van der Waals surface area contributed by atoms with Gasteiger partial charge in [-0.05, 0) is 44.6 Å². The Hall–Kier alpha value is -1.42. The maximum atomic E-state index is 12.5. The van der Waals surface area contributed by atoms with Gasteiger partial charge >= 0.3 is 0 Å². The van der Waals surface area contributed by atoms with E-state index in [1.165, 1.54) is 16.9 Å². The van der Waals surface area contributed by atoms with Gasteiger partial charge in [-0.2, -0.15) is 5.26 Å². The first-order valence-electron chi connectivity index (χ1n) is 9.22. The van der Waals surface area contributed by atoms with E-state index in [0.29, 0.717) is 18.0 Å². The molecule has 6 heteroatoms. The van der Waals surface area contributed by atoms with Gasteiger partial charge in [0.1, 0.15) is 11.1 Å². The largest absolute Gasteiger partial charge is 0.373 e. The third-order valence-electron chi connectivity index (χ3n) is 5.17. The molecular weight excluding hydrogens is 334 g/mol.